The van der Waals surface area contributed by atoms with E-state index in [1.807, 2.05) is 60.7 Å². The number of carbonyl (C=O) groups is 2. The van der Waals surface area contributed by atoms with Crippen molar-refractivity contribution in [3.8, 4) is 0 Å². The van der Waals surface area contributed by atoms with Gasteiger partial charge in [0.1, 0.15) is 24.4 Å². The quantitative estimate of drug-likeness (QED) is 0.604. The van der Waals surface area contributed by atoms with Crippen LogP contribution in [-0.2, 0) is 39.9 Å². The summed E-state index contributed by atoms with van der Waals surface area (Å²) < 4.78 is 30.3. The molecule has 0 bridgehead atoms. The molecule has 0 aromatic heterocycles. The number of carboxylic acids is 1. The van der Waals surface area contributed by atoms with Gasteiger partial charge in [0.15, 0.2) is 18.7 Å². The number of hydrogen-bond acceptors (Lipinski definition) is 7. The summed E-state index contributed by atoms with van der Waals surface area (Å²) >= 11 is 0. The number of benzene rings is 2. The summed E-state index contributed by atoms with van der Waals surface area (Å²) in [5.41, 5.74) is 1.73. The third kappa shape index (κ3) is 5.81. The van der Waals surface area contributed by atoms with Crippen LogP contribution in [0.4, 0.5) is 0 Å². The van der Waals surface area contributed by atoms with Crippen molar-refractivity contribution >= 4 is 11.9 Å². The maximum atomic E-state index is 12.1. The molecule has 2 heterocycles. The van der Waals surface area contributed by atoms with Crippen LogP contribution in [-0.4, -0.2) is 60.3 Å². The van der Waals surface area contributed by atoms with Gasteiger partial charge < -0.3 is 34.1 Å². The van der Waals surface area contributed by atoms with Crippen molar-refractivity contribution in [3.63, 3.8) is 0 Å². The smallest absolute Gasteiger partial charge is 0.332 e. The highest BCUT2D eigenvalue weighted by Gasteiger charge is 2.52. The lowest BCUT2D eigenvalue weighted by Crippen LogP contribution is -2.67. The predicted octanol–water partition coefficient (Wildman–Crippen LogP) is 2.41. The third-order valence-electron chi connectivity index (χ3n) is 5.75. The lowest BCUT2D eigenvalue weighted by Gasteiger charge is -2.49. The summed E-state index contributed by atoms with van der Waals surface area (Å²) in [5, 5.41) is 12.3. The largest absolute Gasteiger partial charge is 0.479 e. The van der Waals surface area contributed by atoms with Crippen LogP contribution in [0.1, 0.15) is 31.3 Å². The molecule has 2 aliphatic heterocycles. The molecule has 1 amide bonds. The number of aliphatic carboxylic acids is 1. The number of ether oxygens (including phenoxy) is 5. The Morgan fingerprint density at radius 1 is 1.09 bits per heavy atom. The maximum absolute atomic E-state index is 12.1. The second kappa shape index (κ2) is 11.1. The number of nitrogens with one attached hydrogen (secondary N) is 1. The number of hydrogen-bond donors (Lipinski definition) is 2. The molecule has 2 saturated heterocycles. The Morgan fingerprint density at radius 2 is 1.76 bits per heavy atom. The number of amides is 1. The fraction of sp³-hybridized carbons (Fsp3) is 0.440. The van der Waals surface area contributed by atoms with Gasteiger partial charge in [-0.15, -0.1) is 0 Å². The van der Waals surface area contributed by atoms with E-state index in [0.717, 1.165) is 11.1 Å². The summed E-state index contributed by atoms with van der Waals surface area (Å²) in [5.74, 6) is -1.46. The first-order valence-corrected chi connectivity index (χ1v) is 11.2. The zero-order valence-corrected chi connectivity index (χ0v) is 19.0. The van der Waals surface area contributed by atoms with E-state index >= 15 is 0 Å². The van der Waals surface area contributed by atoms with E-state index in [0.29, 0.717) is 0 Å². The molecule has 2 N–H and O–H groups in total. The molecular formula is C25H29NO8. The molecule has 9 nitrogen and oxygen atoms in total. The summed E-state index contributed by atoms with van der Waals surface area (Å²) in [4.78, 5) is 23.7. The average Bonchev–Trinajstić information content (AvgIpc) is 2.84. The van der Waals surface area contributed by atoms with Gasteiger partial charge in [-0.1, -0.05) is 60.7 Å². The van der Waals surface area contributed by atoms with Crippen molar-refractivity contribution in [2.75, 3.05) is 6.61 Å². The van der Waals surface area contributed by atoms with Crippen molar-refractivity contribution < 1.29 is 38.4 Å². The average molecular weight is 472 g/mol. The first-order valence-electron chi connectivity index (χ1n) is 11.2. The van der Waals surface area contributed by atoms with Crippen LogP contribution in [0.2, 0.25) is 0 Å². The van der Waals surface area contributed by atoms with Crippen LogP contribution in [0, 0.1) is 0 Å². The lowest BCUT2D eigenvalue weighted by atomic mass is 9.95. The second-order valence-corrected chi connectivity index (χ2v) is 8.32. The molecule has 4 rings (SSSR count). The van der Waals surface area contributed by atoms with Crippen LogP contribution < -0.4 is 5.32 Å². The van der Waals surface area contributed by atoms with Crippen molar-refractivity contribution in [1.29, 1.82) is 0 Å². The zero-order chi connectivity index (χ0) is 24.1. The first kappa shape index (κ1) is 24.3. The number of fused-ring (bicyclic) bond motifs is 1. The highest BCUT2D eigenvalue weighted by atomic mass is 16.8. The predicted molar refractivity (Wildman–Crippen MR) is 119 cm³/mol. The lowest BCUT2D eigenvalue weighted by molar-refractivity contribution is -0.351. The molecule has 2 fully saturated rings. The molecule has 34 heavy (non-hydrogen) atoms. The summed E-state index contributed by atoms with van der Waals surface area (Å²) in [6, 6.07) is 18.1. The molecule has 0 saturated carbocycles. The highest BCUT2D eigenvalue weighted by molar-refractivity contribution is 5.73. The molecule has 2 aliphatic rings. The Bertz CT molecular complexity index is 956. The Labute approximate surface area is 197 Å². The second-order valence-electron chi connectivity index (χ2n) is 8.32. The monoisotopic (exact) mass is 471 g/mol. The van der Waals surface area contributed by atoms with Gasteiger partial charge in [0.2, 0.25) is 5.91 Å². The molecule has 0 aliphatic carbocycles. The van der Waals surface area contributed by atoms with Gasteiger partial charge in [0.05, 0.1) is 13.2 Å². The van der Waals surface area contributed by atoms with Crippen molar-refractivity contribution in [3.05, 3.63) is 71.8 Å². The van der Waals surface area contributed by atoms with Crippen LogP contribution in [0.25, 0.3) is 0 Å². The Morgan fingerprint density at radius 3 is 2.41 bits per heavy atom. The number of rotatable bonds is 8. The Kier molecular flexibility index (Phi) is 7.91. The van der Waals surface area contributed by atoms with Gasteiger partial charge in [-0.25, -0.2) is 4.79 Å². The molecule has 0 spiro atoms. The topological polar surface area (TPSA) is 113 Å². The summed E-state index contributed by atoms with van der Waals surface area (Å²) in [6.45, 7) is 3.22. The van der Waals surface area contributed by atoms with Crippen LogP contribution in [0.15, 0.2) is 60.7 Å². The van der Waals surface area contributed by atoms with Gasteiger partial charge in [0.25, 0.3) is 0 Å². The van der Waals surface area contributed by atoms with Gasteiger partial charge in [-0.2, -0.15) is 0 Å². The van der Waals surface area contributed by atoms with E-state index in [1.54, 1.807) is 0 Å². The van der Waals surface area contributed by atoms with Gasteiger partial charge >= 0.3 is 5.97 Å². The van der Waals surface area contributed by atoms with Gasteiger partial charge in [-0.3, -0.25) is 4.79 Å². The minimum absolute atomic E-state index is 0.184. The molecule has 182 valence electrons. The summed E-state index contributed by atoms with van der Waals surface area (Å²) in [7, 11) is 0. The van der Waals surface area contributed by atoms with Crippen molar-refractivity contribution in [2.24, 2.45) is 0 Å². The number of carbonyl (C=O) groups excluding carboxylic acids is 1. The van der Waals surface area contributed by atoms with E-state index in [4.69, 9.17) is 23.7 Å². The number of carboxylic acid groups (broad SMARTS) is 1. The minimum Gasteiger partial charge on any atom is -0.479 e. The standard InChI is InChI=1S/C25H29NO8/c1-15(23(28)29)32-22-20(26-16(2)27)25(30-13-17-9-5-3-6-10-17)33-19-14-31-24(34-21(19)22)18-11-7-4-8-12-18/h3-12,15,19-22,24-25H,13-14H2,1-2H3,(H,26,27)(H,28,29)/t15-,19+,20+,21+,22+,24?,25-/m0/s1. The van der Waals surface area contributed by atoms with Crippen molar-refractivity contribution in [1.82, 2.24) is 5.32 Å². The molecule has 7 atom stereocenters. The van der Waals surface area contributed by atoms with E-state index in [2.05, 4.69) is 5.32 Å². The molecule has 2 aromatic rings. The van der Waals surface area contributed by atoms with Crippen LogP contribution in [0.3, 0.4) is 0 Å². The first-order chi connectivity index (χ1) is 16.4. The normalized spacial score (nSPS) is 29.6. The van der Waals surface area contributed by atoms with Crippen LogP contribution >= 0.6 is 0 Å². The van der Waals surface area contributed by atoms with E-state index in [9.17, 15) is 14.7 Å². The molecule has 2 aromatic carbocycles. The molecule has 1 unspecified atom stereocenters. The molecule has 0 radical (unpaired) electrons. The highest BCUT2D eigenvalue weighted by Crippen LogP contribution is 2.36. The molecule has 9 heteroatoms. The fourth-order valence-electron chi connectivity index (χ4n) is 4.09. The third-order valence-corrected chi connectivity index (χ3v) is 5.75. The SMILES string of the molecule is CC(=O)N[C@H]1[C@@H](OCc2ccccc2)O[C@@H]2COC(c3ccccc3)O[C@H]2[C@@H]1O[C@@H](C)C(=O)O. The zero-order valence-electron chi connectivity index (χ0n) is 19.0. The molecular weight excluding hydrogens is 442 g/mol. The van der Waals surface area contributed by atoms with E-state index < -0.39 is 49.0 Å². The van der Waals surface area contributed by atoms with Gasteiger partial charge in [0, 0.05) is 12.5 Å². The minimum atomic E-state index is -1.14. The Hall–Kier alpha value is -2.82. The maximum Gasteiger partial charge on any atom is 0.332 e. The Balaban J connectivity index is 1.59. The van der Waals surface area contributed by atoms with Crippen LogP contribution in [0.5, 0.6) is 0 Å². The van der Waals surface area contributed by atoms with Crippen molar-refractivity contribution in [2.45, 2.75) is 63.5 Å². The van der Waals surface area contributed by atoms with E-state index in [-0.39, 0.29) is 19.1 Å². The van der Waals surface area contributed by atoms with Gasteiger partial charge in [-0.05, 0) is 12.5 Å². The van der Waals surface area contributed by atoms with E-state index in [1.165, 1.54) is 13.8 Å². The fourth-order valence-corrected chi connectivity index (χ4v) is 4.09. The summed E-state index contributed by atoms with van der Waals surface area (Å²) in [6.07, 6.45) is -4.87.